The molecule has 5 nitrogen and oxygen atoms in total. The first-order chi connectivity index (χ1) is 5.49. The molecule has 0 heterocycles. The molecule has 0 aliphatic carbocycles. The Morgan fingerprint density at radius 2 is 2.17 bits per heavy atom. The highest BCUT2D eigenvalue weighted by Crippen LogP contribution is 2.00. The van der Waals surface area contributed by atoms with Crippen LogP contribution in [0.4, 0.5) is 0 Å². The normalized spacial score (nSPS) is 14.6. The fourth-order valence-corrected chi connectivity index (χ4v) is 0.683. The van der Waals surface area contributed by atoms with Crippen molar-refractivity contribution in [3.63, 3.8) is 0 Å². The van der Waals surface area contributed by atoms with Gasteiger partial charge in [-0.2, -0.15) is 0 Å². The van der Waals surface area contributed by atoms with Crippen LogP contribution in [0, 0.1) is 10.8 Å². The molecule has 5 heteroatoms. The number of aliphatic hydroxyl groups is 1. The molecule has 68 valence electrons. The van der Waals surface area contributed by atoms with Crippen molar-refractivity contribution in [2.45, 2.75) is 26.1 Å². The smallest absolute Gasteiger partial charge is 0.303 e. The zero-order valence-corrected chi connectivity index (χ0v) is 7.00. The molecule has 2 atom stereocenters. The average molecular weight is 172 g/mol. The molecule has 0 bridgehead atoms. The highest BCUT2D eigenvalue weighted by atomic mass is 16.6. The van der Waals surface area contributed by atoms with E-state index < -0.39 is 18.2 Å². The van der Waals surface area contributed by atoms with Gasteiger partial charge in [0.15, 0.2) is 6.10 Å². The molecule has 0 aliphatic rings. The van der Waals surface area contributed by atoms with Crippen LogP contribution in [-0.4, -0.2) is 35.2 Å². The number of carbonyl (C=O) groups excluding carboxylic acids is 1. The minimum Gasteiger partial charge on any atom is -0.453 e. The second-order valence-corrected chi connectivity index (χ2v) is 2.37. The highest BCUT2D eigenvalue weighted by molar-refractivity contribution is 6.30. The van der Waals surface area contributed by atoms with E-state index in [1.165, 1.54) is 13.8 Å². The third-order valence-electron chi connectivity index (χ3n) is 1.19. The van der Waals surface area contributed by atoms with Gasteiger partial charge >= 0.3 is 5.97 Å². The van der Waals surface area contributed by atoms with Gasteiger partial charge < -0.3 is 15.3 Å². The minimum absolute atomic E-state index is 0.222. The molecular weight excluding hydrogens is 160 g/mol. The van der Waals surface area contributed by atoms with E-state index in [1.807, 2.05) is 0 Å². The van der Waals surface area contributed by atoms with E-state index in [0.717, 1.165) is 6.21 Å². The summed E-state index contributed by atoms with van der Waals surface area (Å²) in [6.07, 6.45) is -1.26. The fourth-order valence-electron chi connectivity index (χ4n) is 0.683. The maximum atomic E-state index is 10.5. The largest absolute Gasteiger partial charge is 0.453 e. The molecule has 3 N–H and O–H groups in total. The van der Waals surface area contributed by atoms with Gasteiger partial charge in [0.25, 0.3) is 0 Å². The molecule has 0 radical (unpaired) electrons. The molecule has 0 saturated carbocycles. The molecule has 0 aromatic heterocycles. The highest BCUT2D eigenvalue weighted by Gasteiger charge is 2.21. The van der Waals surface area contributed by atoms with Gasteiger partial charge in [-0.1, -0.05) is 0 Å². The lowest BCUT2D eigenvalue weighted by atomic mass is 10.1. The second kappa shape index (κ2) is 4.61. The standard InChI is InChI=1S/C7H12N2O3/c1-4(10)7(6(9)3-8)12-5(2)11/h3-4,7-10H,1-2H3/t4-,7+/m1/s1. The summed E-state index contributed by atoms with van der Waals surface area (Å²) >= 11 is 0. The number of rotatable bonds is 4. The number of nitrogens with one attached hydrogen (secondary N) is 2. The lowest BCUT2D eigenvalue weighted by molar-refractivity contribution is -0.146. The molecule has 0 saturated heterocycles. The molecule has 12 heavy (non-hydrogen) atoms. The van der Waals surface area contributed by atoms with E-state index in [-0.39, 0.29) is 5.71 Å². The van der Waals surface area contributed by atoms with Gasteiger partial charge in [-0.3, -0.25) is 10.2 Å². The third-order valence-corrected chi connectivity index (χ3v) is 1.19. The first-order valence-electron chi connectivity index (χ1n) is 3.43. The molecule has 0 unspecified atom stereocenters. The van der Waals surface area contributed by atoms with E-state index in [9.17, 15) is 4.79 Å². The Kier molecular flexibility index (Phi) is 4.14. The van der Waals surface area contributed by atoms with Gasteiger partial charge in [0.2, 0.25) is 0 Å². The zero-order chi connectivity index (χ0) is 9.72. The van der Waals surface area contributed by atoms with E-state index >= 15 is 0 Å². The van der Waals surface area contributed by atoms with E-state index in [4.69, 9.17) is 15.9 Å². The summed E-state index contributed by atoms with van der Waals surface area (Å²) in [6.45, 7) is 2.58. The summed E-state index contributed by atoms with van der Waals surface area (Å²) < 4.78 is 4.60. The van der Waals surface area contributed by atoms with Gasteiger partial charge in [-0.15, -0.1) is 0 Å². The summed E-state index contributed by atoms with van der Waals surface area (Å²) in [7, 11) is 0. The monoisotopic (exact) mass is 172 g/mol. The van der Waals surface area contributed by atoms with E-state index in [1.54, 1.807) is 0 Å². The third kappa shape index (κ3) is 3.25. The predicted octanol–water partition coefficient (Wildman–Crippen LogP) is -0.0318. The van der Waals surface area contributed by atoms with Crippen LogP contribution in [0.25, 0.3) is 0 Å². The van der Waals surface area contributed by atoms with Crippen LogP contribution in [0.3, 0.4) is 0 Å². The van der Waals surface area contributed by atoms with Gasteiger partial charge in [0.1, 0.15) is 0 Å². The Morgan fingerprint density at radius 1 is 1.67 bits per heavy atom. The number of aliphatic hydroxyl groups excluding tert-OH is 1. The first kappa shape index (κ1) is 10.8. The van der Waals surface area contributed by atoms with Crippen molar-refractivity contribution in [1.82, 2.24) is 0 Å². The summed E-state index contributed by atoms with van der Waals surface area (Å²) in [4.78, 5) is 10.5. The van der Waals surface area contributed by atoms with Gasteiger partial charge in [-0.25, -0.2) is 0 Å². The van der Waals surface area contributed by atoms with Crippen LogP contribution in [0.5, 0.6) is 0 Å². The quantitative estimate of drug-likeness (QED) is 0.410. The maximum Gasteiger partial charge on any atom is 0.303 e. The van der Waals surface area contributed by atoms with Crippen LogP contribution in [0.1, 0.15) is 13.8 Å². The maximum absolute atomic E-state index is 10.5. The van der Waals surface area contributed by atoms with Crippen LogP contribution in [-0.2, 0) is 9.53 Å². The van der Waals surface area contributed by atoms with Crippen molar-refractivity contribution in [3.05, 3.63) is 0 Å². The number of carbonyl (C=O) groups is 1. The lowest BCUT2D eigenvalue weighted by Gasteiger charge is -2.17. The van der Waals surface area contributed by atoms with Crippen molar-refractivity contribution < 1.29 is 14.6 Å². The topological polar surface area (TPSA) is 94.2 Å². The van der Waals surface area contributed by atoms with E-state index in [2.05, 4.69) is 4.74 Å². The number of esters is 1. The Hall–Kier alpha value is -1.23. The number of ether oxygens (including phenoxy) is 1. The van der Waals surface area contributed by atoms with Crippen molar-refractivity contribution in [2.75, 3.05) is 0 Å². The predicted molar refractivity (Wildman–Crippen MR) is 43.7 cm³/mol. The number of hydrogen-bond acceptors (Lipinski definition) is 5. The van der Waals surface area contributed by atoms with Gasteiger partial charge in [-0.05, 0) is 6.92 Å². The summed E-state index contributed by atoms with van der Waals surface area (Å²) in [5.41, 5.74) is -0.222. The lowest BCUT2D eigenvalue weighted by Crippen LogP contribution is -2.36. The van der Waals surface area contributed by atoms with Crippen LogP contribution in [0.2, 0.25) is 0 Å². The molecule has 0 aromatic carbocycles. The zero-order valence-electron chi connectivity index (χ0n) is 7.00. The van der Waals surface area contributed by atoms with Gasteiger partial charge in [0, 0.05) is 13.1 Å². The Morgan fingerprint density at radius 3 is 2.42 bits per heavy atom. The summed E-state index contributed by atoms with van der Waals surface area (Å²) in [5.74, 6) is -0.576. The summed E-state index contributed by atoms with van der Waals surface area (Å²) in [6, 6.07) is 0. The Balaban J connectivity index is 4.32. The molecular formula is C7H12N2O3. The second-order valence-electron chi connectivity index (χ2n) is 2.37. The molecule has 0 rings (SSSR count). The van der Waals surface area contributed by atoms with Crippen molar-refractivity contribution in [1.29, 1.82) is 10.8 Å². The van der Waals surface area contributed by atoms with Crippen LogP contribution >= 0.6 is 0 Å². The molecule has 0 aliphatic heterocycles. The fraction of sp³-hybridized carbons (Fsp3) is 0.571. The minimum atomic E-state index is -1.03. The van der Waals surface area contributed by atoms with Crippen LogP contribution in [0.15, 0.2) is 0 Å². The van der Waals surface area contributed by atoms with E-state index in [0.29, 0.717) is 0 Å². The van der Waals surface area contributed by atoms with Crippen LogP contribution < -0.4 is 0 Å². The SMILES string of the molecule is CC(=O)O[C@H](C(=N)C=N)[C@@H](C)O. The van der Waals surface area contributed by atoms with Gasteiger partial charge in [0.05, 0.1) is 11.8 Å². The first-order valence-corrected chi connectivity index (χ1v) is 3.43. The van der Waals surface area contributed by atoms with Crippen molar-refractivity contribution in [2.24, 2.45) is 0 Å². The molecule has 0 fully saturated rings. The van der Waals surface area contributed by atoms with Crippen molar-refractivity contribution in [3.8, 4) is 0 Å². The molecule has 0 spiro atoms. The Labute approximate surface area is 70.4 Å². The number of hydrogen-bond donors (Lipinski definition) is 3. The molecule has 0 amide bonds. The summed E-state index contributed by atoms with van der Waals surface area (Å²) in [5, 5.41) is 22.9. The molecule has 0 aromatic rings. The average Bonchev–Trinajstić information content (AvgIpc) is 1.98. The van der Waals surface area contributed by atoms with Crippen molar-refractivity contribution >= 4 is 17.9 Å². The Bertz CT molecular complexity index is 201.